The first-order valence-corrected chi connectivity index (χ1v) is 12.0. The summed E-state index contributed by atoms with van der Waals surface area (Å²) in [4.78, 5) is 37.2. The Kier molecular flexibility index (Phi) is 7.20. The molecule has 180 valence electrons. The van der Waals surface area contributed by atoms with Gasteiger partial charge in [0.15, 0.2) is 0 Å². The number of amides is 2. The summed E-state index contributed by atoms with van der Waals surface area (Å²) in [6.45, 7) is 3.84. The van der Waals surface area contributed by atoms with Crippen molar-refractivity contribution in [2.75, 3.05) is 6.61 Å². The van der Waals surface area contributed by atoms with Gasteiger partial charge in [-0.25, -0.2) is 4.79 Å². The van der Waals surface area contributed by atoms with E-state index in [2.05, 4.69) is 34.9 Å². The Labute approximate surface area is 199 Å². The van der Waals surface area contributed by atoms with Crippen molar-refractivity contribution in [3.05, 3.63) is 59.7 Å². The van der Waals surface area contributed by atoms with E-state index in [0.717, 1.165) is 35.1 Å². The van der Waals surface area contributed by atoms with Crippen molar-refractivity contribution >= 4 is 18.0 Å². The zero-order chi connectivity index (χ0) is 24.2. The van der Waals surface area contributed by atoms with Crippen LogP contribution in [0, 0.1) is 11.8 Å². The van der Waals surface area contributed by atoms with Crippen molar-refractivity contribution in [1.82, 2.24) is 10.6 Å². The van der Waals surface area contributed by atoms with Crippen LogP contribution in [0.25, 0.3) is 11.1 Å². The van der Waals surface area contributed by atoms with Crippen LogP contribution >= 0.6 is 0 Å². The van der Waals surface area contributed by atoms with Crippen molar-refractivity contribution in [3.63, 3.8) is 0 Å². The molecule has 2 aliphatic rings. The third-order valence-electron chi connectivity index (χ3n) is 6.98. The molecule has 0 bridgehead atoms. The number of alkyl carbamates (subject to hydrolysis) is 1. The number of carboxylic acid groups (broad SMARTS) is 1. The fourth-order valence-corrected chi connectivity index (χ4v) is 5.17. The summed E-state index contributed by atoms with van der Waals surface area (Å²) in [5, 5.41) is 15.1. The Morgan fingerprint density at radius 1 is 0.971 bits per heavy atom. The fourth-order valence-electron chi connectivity index (χ4n) is 5.17. The average Bonchev–Trinajstić information content (AvgIpc) is 3.15. The number of fused-ring (bicyclic) bond motifs is 3. The molecule has 0 saturated heterocycles. The minimum Gasteiger partial charge on any atom is -0.481 e. The molecule has 0 aliphatic heterocycles. The van der Waals surface area contributed by atoms with Crippen LogP contribution in [0.4, 0.5) is 4.79 Å². The molecular formula is C27H32N2O5. The van der Waals surface area contributed by atoms with Gasteiger partial charge in [-0.1, -0.05) is 75.2 Å². The number of nitrogens with one attached hydrogen (secondary N) is 2. The first kappa shape index (κ1) is 23.8. The lowest BCUT2D eigenvalue weighted by molar-refractivity contribution is -0.144. The van der Waals surface area contributed by atoms with Gasteiger partial charge in [0.25, 0.3) is 0 Å². The Morgan fingerprint density at radius 3 is 2.15 bits per heavy atom. The van der Waals surface area contributed by atoms with E-state index in [4.69, 9.17) is 4.74 Å². The highest BCUT2D eigenvalue weighted by Crippen LogP contribution is 2.44. The number of aliphatic carboxylic acids is 1. The number of ether oxygens (including phenoxy) is 1. The minimum atomic E-state index is -0.893. The van der Waals surface area contributed by atoms with E-state index in [1.165, 1.54) is 0 Å². The summed E-state index contributed by atoms with van der Waals surface area (Å²) >= 11 is 0. The van der Waals surface area contributed by atoms with Crippen LogP contribution in [0.2, 0.25) is 0 Å². The number of hydrogen-bond acceptors (Lipinski definition) is 4. The molecule has 3 N–H and O–H groups in total. The molecule has 3 atom stereocenters. The molecule has 0 radical (unpaired) electrons. The number of benzene rings is 2. The monoisotopic (exact) mass is 464 g/mol. The average molecular weight is 465 g/mol. The maximum atomic E-state index is 13.0. The summed E-state index contributed by atoms with van der Waals surface area (Å²) in [6, 6.07) is 15.0. The normalized spacial score (nSPS) is 20.2. The van der Waals surface area contributed by atoms with Gasteiger partial charge in [0.2, 0.25) is 5.91 Å². The van der Waals surface area contributed by atoms with Crippen LogP contribution < -0.4 is 10.6 Å². The van der Waals surface area contributed by atoms with Crippen LogP contribution in [0.3, 0.4) is 0 Å². The second kappa shape index (κ2) is 10.3. The topological polar surface area (TPSA) is 105 Å². The number of hydrogen-bond donors (Lipinski definition) is 3. The predicted molar refractivity (Wildman–Crippen MR) is 128 cm³/mol. The van der Waals surface area contributed by atoms with Gasteiger partial charge < -0.3 is 20.5 Å². The summed E-state index contributed by atoms with van der Waals surface area (Å²) in [5.41, 5.74) is 4.53. The zero-order valence-corrected chi connectivity index (χ0v) is 19.6. The molecule has 0 heterocycles. The molecule has 0 unspecified atom stereocenters. The van der Waals surface area contributed by atoms with E-state index in [-0.39, 0.29) is 24.3 Å². The molecule has 1 saturated carbocycles. The highest BCUT2D eigenvalue weighted by atomic mass is 16.5. The molecule has 4 rings (SSSR count). The zero-order valence-electron chi connectivity index (χ0n) is 19.6. The Hall–Kier alpha value is -3.35. The molecule has 7 nitrogen and oxygen atoms in total. The first-order valence-electron chi connectivity index (χ1n) is 12.0. The molecule has 7 heteroatoms. The summed E-state index contributed by atoms with van der Waals surface area (Å²) in [6.07, 6.45) is 2.23. The third kappa shape index (κ3) is 4.93. The number of carboxylic acids is 1. The minimum absolute atomic E-state index is 0.0666. The Balaban J connectivity index is 1.39. The van der Waals surface area contributed by atoms with Gasteiger partial charge >= 0.3 is 12.1 Å². The predicted octanol–water partition coefficient (Wildman–Crippen LogP) is 4.31. The second-order valence-electron chi connectivity index (χ2n) is 9.54. The van der Waals surface area contributed by atoms with Crippen molar-refractivity contribution in [2.45, 2.75) is 57.5 Å². The van der Waals surface area contributed by atoms with Crippen LogP contribution in [-0.2, 0) is 14.3 Å². The fraction of sp³-hybridized carbons (Fsp3) is 0.444. The molecule has 2 aliphatic carbocycles. The standard InChI is InChI=1S/C27H32N2O5/c1-16(2)24(25(30)28-23-14-8-7-13-21(23)26(31)32)29-27(33)34-15-22-19-11-5-3-9-17(19)18-10-4-6-12-20(18)22/h3-6,9-12,16,21-24H,7-8,13-15H2,1-2H3,(H,28,30)(H,29,33)(H,31,32)/t21-,23+,24-/m1/s1. The molecule has 2 aromatic rings. The summed E-state index contributed by atoms with van der Waals surface area (Å²) < 4.78 is 5.60. The van der Waals surface area contributed by atoms with Crippen LogP contribution in [0.15, 0.2) is 48.5 Å². The van der Waals surface area contributed by atoms with E-state index < -0.39 is 30.1 Å². The lowest BCUT2D eigenvalue weighted by Crippen LogP contribution is -2.54. The van der Waals surface area contributed by atoms with Crippen LogP contribution in [0.1, 0.15) is 56.6 Å². The number of carbonyl (C=O) groups excluding carboxylic acids is 2. The van der Waals surface area contributed by atoms with E-state index in [9.17, 15) is 19.5 Å². The molecule has 0 spiro atoms. The van der Waals surface area contributed by atoms with Gasteiger partial charge in [-0.2, -0.15) is 0 Å². The SMILES string of the molecule is CC(C)[C@@H](NC(=O)OCC1c2ccccc2-c2ccccc21)C(=O)N[C@H]1CCCC[C@H]1C(=O)O. The largest absolute Gasteiger partial charge is 0.481 e. The number of carbonyl (C=O) groups is 3. The summed E-state index contributed by atoms with van der Waals surface area (Å²) in [5.74, 6) is -2.12. The van der Waals surface area contributed by atoms with Gasteiger partial charge in [-0.05, 0) is 41.0 Å². The molecular weight excluding hydrogens is 432 g/mol. The van der Waals surface area contributed by atoms with E-state index in [0.29, 0.717) is 12.8 Å². The third-order valence-corrected chi connectivity index (χ3v) is 6.98. The smallest absolute Gasteiger partial charge is 0.407 e. The van der Waals surface area contributed by atoms with E-state index in [1.807, 2.05) is 38.1 Å². The van der Waals surface area contributed by atoms with Gasteiger partial charge in [-0.3, -0.25) is 9.59 Å². The maximum absolute atomic E-state index is 13.0. The Bertz CT molecular complexity index is 1020. The lowest BCUT2D eigenvalue weighted by atomic mass is 9.84. The summed E-state index contributed by atoms with van der Waals surface area (Å²) in [7, 11) is 0. The van der Waals surface area contributed by atoms with Gasteiger partial charge in [0, 0.05) is 12.0 Å². The van der Waals surface area contributed by atoms with Crippen LogP contribution in [-0.4, -0.2) is 41.8 Å². The van der Waals surface area contributed by atoms with Crippen molar-refractivity contribution in [3.8, 4) is 11.1 Å². The highest BCUT2D eigenvalue weighted by Gasteiger charge is 2.35. The molecule has 34 heavy (non-hydrogen) atoms. The van der Waals surface area contributed by atoms with Crippen molar-refractivity contribution in [2.24, 2.45) is 11.8 Å². The highest BCUT2D eigenvalue weighted by molar-refractivity contribution is 5.87. The molecule has 0 aromatic heterocycles. The van der Waals surface area contributed by atoms with E-state index >= 15 is 0 Å². The quantitative estimate of drug-likeness (QED) is 0.566. The van der Waals surface area contributed by atoms with Crippen molar-refractivity contribution in [1.29, 1.82) is 0 Å². The maximum Gasteiger partial charge on any atom is 0.407 e. The Morgan fingerprint density at radius 2 is 1.56 bits per heavy atom. The second-order valence-corrected chi connectivity index (χ2v) is 9.54. The van der Waals surface area contributed by atoms with E-state index in [1.54, 1.807) is 0 Å². The lowest BCUT2D eigenvalue weighted by Gasteiger charge is -2.31. The molecule has 1 fully saturated rings. The van der Waals surface area contributed by atoms with Gasteiger partial charge in [0.1, 0.15) is 12.6 Å². The van der Waals surface area contributed by atoms with Crippen LogP contribution in [0.5, 0.6) is 0 Å². The molecule has 2 aromatic carbocycles. The number of rotatable bonds is 7. The van der Waals surface area contributed by atoms with Gasteiger partial charge in [0.05, 0.1) is 5.92 Å². The first-order chi connectivity index (χ1) is 16.4. The molecule has 2 amide bonds. The van der Waals surface area contributed by atoms with Gasteiger partial charge in [-0.15, -0.1) is 0 Å². The van der Waals surface area contributed by atoms with Crippen molar-refractivity contribution < 1.29 is 24.2 Å².